The van der Waals surface area contributed by atoms with Gasteiger partial charge in [0.25, 0.3) is 0 Å². The van der Waals surface area contributed by atoms with Crippen molar-refractivity contribution in [1.82, 2.24) is 20.2 Å². The molecule has 1 aromatic carbocycles. The van der Waals surface area contributed by atoms with Crippen LogP contribution in [-0.4, -0.2) is 20.2 Å². The molecule has 0 bridgehead atoms. The van der Waals surface area contributed by atoms with Crippen molar-refractivity contribution >= 4 is 0 Å². The van der Waals surface area contributed by atoms with Gasteiger partial charge in [-0.3, -0.25) is 0 Å². The number of hydrogen-bond acceptors (Lipinski definition) is 4. The monoisotopic (exact) mass is 229 g/mol. The number of nitrogens with zero attached hydrogens (tertiary/aromatic N) is 4. The molecule has 2 N–H and O–H groups in total. The quantitative estimate of drug-likeness (QED) is 0.839. The van der Waals surface area contributed by atoms with Gasteiger partial charge in [0.15, 0.2) is 5.82 Å². The largest absolute Gasteiger partial charge is 0.321 e. The Morgan fingerprint density at radius 3 is 2.94 bits per heavy atom. The number of benzene rings is 1. The molecule has 1 unspecified atom stereocenters. The van der Waals surface area contributed by atoms with Crippen LogP contribution in [0.2, 0.25) is 0 Å². The van der Waals surface area contributed by atoms with Crippen LogP contribution in [0.3, 0.4) is 0 Å². The van der Waals surface area contributed by atoms with E-state index in [2.05, 4.69) is 33.7 Å². The van der Waals surface area contributed by atoms with Gasteiger partial charge >= 0.3 is 0 Å². The highest BCUT2D eigenvalue weighted by Crippen LogP contribution is 2.24. The lowest BCUT2D eigenvalue weighted by atomic mass is 10.1. The molecule has 3 rings (SSSR count). The summed E-state index contributed by atoms with van der Waals surface area (Å²) in [5.41, 5.74) is 9.71. The molecule has 1 aliphatic carbocycles. The lowest BCUT2D eigenvalue weighted by Crippen LogP contribution is -2.13. The van der Waals surface area contributed by atoms with Crippen molar-refractivity contribution < 1.29 is 0 Å². The smallest absolute Gasteiger partial charge is 0.173 e. The van der Waals surface area contributed by atoms with E-state index in [9.17, 15) is 0 Å². The van der Waals surface area contributed by atoms with Crippen molar-refractivity contribution in [3.63, 3.8) is 0 Å². The first-order valence-corrected chi connectivity index (χ1v) is 5.92. The summed E-state index contributed by atoms with van der Waals surface area (Å²) in [6.07, 6.45) is 3.58. The van der Waals surface area contributed by atoms with Crippen LogP contribution in [0.4, 0.5) is 0 Å². The third-order valence-corrected chi connectivity index (χ3v) is 3.23. The van der Waals surface area contributed by atoms with Crippen molar-refractivity contribution in [2.75, 3.05) is 0 Å². The van der Waals surface area contributed by atoms with Crippen LogP contribution < -0.4 is 5.73 Å². The van der Waals surface area contributed by atoms with Gasteiger partial charge in [0, 0.05) is 0 Å². The lowest BCUT2D eigenvalue weighted by molar-refractivity contribution is 0.688. The maximum absolute atomic E-state index is 5.85. The third-order valence-electron chi connectivity index (χ3n) is 3.23. The van der Waals surface area contributed by atoms with Gasteiger partial charge in [0.1, 0.15) is 0 Å². The number of rotatable bonds is 2. The molecular weight excluding hydrogens is 214 g/mol. The molecule has 17 heavy (non-hydrogen) atoms. The van der Waals surface area contributed by atoms with Gasteiger partial charge in [-0.25, -0.2) is 0 Å². The molecule has 1 atom stereocenters. The van der Waals surface area contributed by atoms with Gasteiger partial charge in [-0.15, -0.1) is 5.10 Å². The fraction of sp³-hybridized carbons (Fsp3) is 0.417. The first kappa shape index (κ1) is 10.4. The highest BCUT2D eigenvalue weighted by molar-refractivity contribution is 5.42. The summed E-state index contributed by atoms with van der Waals surface area (Å²) < 4.78 is 1.73. The van der Waals surface area contributed by atoms with Crippen LogP contribution in [0, 0.1) is 0 Å². The number of aromatic nitrogens is 4. The number of aryl methyl sites for hydroxylation is 2. The predicted octanol–water partition coefficient (Wildman–Crippen LogP) is 1.17. The minimum atomic E-state index is -0.168. The Hall–Kier alpha value is -1.75. The molecule has 1 aromatic heterocycles. The van der Waals surface area contributed by atoms with E-state index >= 15 is 0 Å². The minimum Gasteiger partial charge on any atom is -0.321 e. The number of fused-ring (bicyclic) bond motifs is 1. The molecule has 0 fully saturated rings. The van der Waals surface area contributed by atoms with Crippen LogP contribution in [0.25, 0.3) is 5.69 Å². The Kier molecular flexibility index (Phi) is 2.40. The van der Waals surface area contributed by atoms with E-state index in [0.29, 0.717) is 5.82 Å². The maximum atomic E-state index is 5.85. The zero-order chi connectivity index (χ0) is 11.8. The average molecular weight is 229 g/mol. The van der Waals surface area contributed by atoms with E-state index in [4.69, 9.17) is 5.73 Å². The van der Waals surface area contributed by atoms with Gasteiger partial charge in [-0.1, -0.05) is 6.07 Å². The number of nitrogens with two attached hydrogens (primary N) is 1. The molecule has 88 valence electrons. The summed E-state index contributed by atoms with van der Waals surface area (Å²) in [6, 6.07) is 6.24. The molecule has 0 amide bonds. The van der Waals surface area contributed by atoms with Gasteiger partial charge in [0.2, 0.25) is 0 Å². The second-order valence-electron chi connectivity index (χ2n) is 4.54. The molecule has 1 aliphatic rings. The normalized spacial score (nSPS) is 15.9. The molecule has 0 spiro atoms. The fourth-order valence-electron chi connectivity index (χ4n) is 2.35. The Balaban J connectivity index is 2.06. The first-order chi connectivity index (χ1) is 8.25. The van der Waals surface area contributed by atoms with Crippen molar-refractivity contribution in [3.05, 3.63) is 35.2 Å². The van der Waals surface area contributed by atoms with Crippen molar-refractivity contribution in [1.29, 1.82) is 0 Å². The van der Waals surface area contributed by atoms with Crippen LogP contribution >= 0.6 is 0 Å². The number of tetrazole rings is 1. The third kappa shape index (κ3) is 1.72. The highest BCUT2D eigenvalue weighted by Gasteiger charge is 2.15. The minimum absolute atomic E-state index is 0.168. The standard InChI is InChI=1S/C12H15N5/c1-8(13)12-14-15-16-17(12)11-6-5-9-3-2-4-10(9)7-11/h5-8H,2-4,13H2,1H3. The first-order valence-electron chi connectivity index (χ1n) is 5.92. The van der Waals surface area contributed by atoms with Crippen molar-refractivity contribution in [2.45, 2.75) is 32.2 Å². The predicted molar refractivity (Wildman–Crippen MR) is 63.8 cm³/mol. The topological polar surface area (TPSA) is 69.6 Å². The summed E-state index contributed by atoms with van der Waals surface area (Å²) in [5.74, 6) is 0.697. The second-order valence-corrected chi connectivity index (χ2v) is 4.54. The molecule has 5 nitrogen and oxygen atoms in total. The van der Waals surface area contributed by atoms with E-state index in [1.165, 1.54) is 24.0 Å². The summed E-state index contributed by atoms with van der Waals surface area (Å²) in [4.78, 5) is 0. The zero-order valence-corrected chi connectivity index (χ0v) is 9.80. The molecule has 5 heteroatoms. The molecule has 1 heterocycles. The lowest BCUT2D eigenvalue weighted by Gasteiger charge is -2.08. The van der Waals surface area contributed by atoms with Gasteiger partial charge in [-0.2, -0.15) is 4.68 Å². The Labute approximate surface area is 99.6 Å². The van der Waals surface area contributed by atoms with E-state index in [-0.39, 0.29) is 6.04 Å². The zero-order valence-electron chi connectivity index (χ0n) is 9.80. The summed E-state index contributed by atoms with van der Waals surface area (Å²) in [5, 5.41) is 11.7. The summed E-state index contributed by atoms with van der Waals surface area (Å²) in [7, 11) is 0. The van der Waals surface area contributed by atoms with Crippen LogP contribution in [-0.2, 0) is 12.8 Å². The molecule has 0 aliphatic heterocycles. The molecular formula is C12H15N5. The van der Waals surface area contributed by atoms with Gasteiger partial charge in [-0.05, 0) is 59.9 Å². The second kappa shape index (κ2) is 3.92. The van der Waals surface area contributed by atoms with Gasteiger partial charge < -0.3 is 5.73 Å². The van der Waals surface area contributed by atoms with Crippen LogP contribution in [0.1, 0.15) is 36.3 Å². The SMILES string of the molecule is CC(N)c1nnnn1-c1ccc2c(c1)CCC2. The summed E-state index contributed by atoms with van der Waals surface area (Å²) >= 11 is 0. The fourth-order valence-corrected chi connectivity index (χ4v) is 2.35. The Morgan fingerprint density at radius 2 is 2.12 bits per heavy atom. The van der Waals surface area contributed by atoms with E-state index in [0.717, 1.165) is 12.1 Å². The van der Waals surface area contributed by atoms with Crippen molar-refractivity contribution in [2.24, 2.45) is 5.73 Å². The Morgan fingerprint density at radius 1 is 1.29 bits per heavy atom. The maximum Gasteiger partial charge on any atom is 0.173 e. The summed E-state index contributed by atoms with van der Waals surface area (Å²) in [6.45, 7) is 1.88. The highest BCUT2D eigenvalue weighted by atomic mass is 15.5. The molecule has 0 saturated heterocycles. The van der Waals surface area contributed by atoms with E-state index < -0.39 is 0 Å². The van der Waals surface area contributed by atoms with E-state index in [1.54, 1.807) is 4.68 Å². The van der Waals surface area contributed by atoms with Crippen molar-refractivity contribution in [3.8, 4) is 5.69 Å². The molecule has 0 radical (unpaired) electrons. The van der Waals surface area contributed by atoms with E-state index in [1.807, 2.05) is 6.92 Å². The molecule has 0 saturated carbocycles. The van der Waals surface area contributed by atoms with Crippen LogP contribution in [0.15, 0.2) is 18.2 Å². The average Bonchev–Trinajstić information content (AvgIpc) is 2.96. The van der Waals surface area contributed by atoms with Crippen LogP contribution in [0.5, 0.6) is 0 Å². The molecule has 2 aromatic rings. The van der Waals surface area contributed by atoms with Gasteiger partial charge in [0.05, 0.1) is 11.7 Å². The number of hydrogen-bond donors (Lipinski definition) is 1. The Bertz CT molecular complexity index is 544.